The van der Waals surface area contributed by atoms with Crippen LogP contribution in [0, 0.1) is 6.92 Å². The quantitative estimate of drug-likeness (QED) is 0.0106. The molecule has 0 spiro atoms. The Labute approximate surface area is 432 Å². The highest BCUT2D eigenvalue weighted by Crippen LogP contribution is 2.52. The lowest BCUT2D eigenvalue weighted by molar-refractivity contribution is -0.432. The summed E-state index contributed by atoms with van der Waals surface area (Å²) >= 11 is 0. The van der Waals surface area contributed by atoms with Crippen molar-refractivity contribution in [1.29, 1.82) is 0 Å². The number of anilines is 1. The Hall–Kier alpha value is -6.43. The molecule has 2 aliphatic rings. The van der Waals surface area contributed by atoms with Gasteiger partial charge in [-0.1, -0.05) is 31.1 Å². The predicted octanol–water partition coefficient (Wildman–Crippen LogP) is 6.34. The first kappa shape index (κ1) is 56.3. The average molecular weight is 1130 g/mol. The first-order valence-electron chi connectivity index (χ1n) is 22.5. The van der Waals surface area contributed by atoms with Crippen LogP contribution in [0.3, 0.4) is 0 Å². The summed E-state index contributed by atoms with van der Waals surface area (Å²) < 4.78 is 177. The number of hydrogen-bond donors (Lipinski definition) is 6. The fraction of sp³-hybridized carbons (Fsp3) is 0.298. The monoisotopic (exact) mass is 1130 g/mol. The Morgan fingerprint density at radius 1 is 0.773 bits per heavy atom. The number of fused-ring (bicyclic) bond motifs is 6. The van der Waals surface area contributed by atoms with Gasteiger partial charge in [-0.25, -0.2) is 0 Å². The van der Waals surface area contributed by atoms with Crippen LogP contribution in [-0.4, -0.2) is 124 Å². The highest BCUT2D eigenvalue weighted by molar-refractivity contribution is 7.87. The molecule has 0 saturated heterocycles. The lowest BCUT2D eigenvalue weighted by Gasteiger charge is -2.27. The van der Waals surface area contributed by atoms with Crippen LogP contribution in [0.15, 0.2) is 117 Å². The molecule has 75 heavy (non-hydrogen) atoms. The van der Waals surface area contributed by atoms with Gasteiger partial charge < -0.3 is 10.2 Å². The van der Waals surface area contributed by atoms with Crippen LogP contribution in [0.2, 0.25) is 0 Å². The maximum Gasteiger partial charge on any atom is 0.295 e. The number of allylic oxidation sites excluding steroid dienone is 6. The molecule has 3 heterocycles. The van der Waals surface area contributed by atoms with Gasteiger partial charge in [0.1, 0.15) is 10.6 Å². The van der Waals surface area contributed by atoms with Crippen LogP contribution in [0.1, 0.15) is 66.9 Å². The number of azide groups is 1. The molecule has 28 heteroatoms. The fourth-order valence-electron chi connectivity index (χ4n) is 9.66. The molecule has 6 N–H and O–H groups in total. The van der Waals surface area contributed by atoms with Crippen LogP contribution in [0.4, 0.5) is 11.4 Å². The number of amides is 1. The van der Waals surface area contributed by atoms with Crippen LogP contribution >= 0.6 is 0 Å². The molecule has 1 aromatic heterocycles. The summed E-state index contributed by atoms with van der Waals surface area (Å²) in [7, 11) is -24.1. The Kier molecular flexibility index (Phi) is 15.2. The molecule has 0 saturated carbocycles. The SMILES string of the molecule is Cc1cc(S(=O)(=O)O)cc2c3c(ccc12)[N+](CCS(=O)(=O)O)=C(/C=C/C(=C/C=C1/N(CCS(=O)(=O)O)c2ccc4c(S(=O)(=O)O)cc(S(=O)(=O)O)cc4c2C1(C)C)c1ccc(C(=O)NCCCN=[N+]=[N-])cn1)C3(C)C. The second-order valence-electron chi connectivity index (χ2n) is 18.7. The molecule has 0 fully saturated rings. The highest BCUT2D eigenvalue weighted by atomic mass is 32.2. The van der Waals surface area contributed by atoms with E-state index in [2.05, 4.69) is 20.3 Å². The van der Waals surface area contributed by atoms with Gasteiger partial charge in [-0.3, -0.25) is 32.5 Å². The molecule has 0 unspecified atom stereocenters. The van der Waals surface area contributed by atoms with Crippen molar-refractivity contribution >= 4 is 101 Å². The third kappa shape index (κ3) is 11.9. The molecule has 2 aliphatic heterocycles. The van der Waals surface area contributed by atoms with Gasteiger partial charge in [0.05, 0.1) is 32.2 Å². The van der Waals surface area contributed by atoms with Crippen molar-refractivity contribution in [1.82, 2.24) is 10.3 Å². The number of carbonyl (C=O) groups excluding carboxylic acids is 1. The Balaban J connectivity index is 1.47. The fourth-order valence-corrected chi connectivity index (χ4v) is 12.4. The Morgan fingerprint density at radius 2 is 1.40 bits per heavy atom. The van der Waals surface area contributed by atoms with Gasteiger partial charge in [0.2, 0.25) is 5.69 Å². The number of benzene rings is 4. The summed E-state index contributed by atoms with van der Waals surface area (Å²) in [6, 6.07) is 13.3. The van der Waals surface area contributed by atoms with Crippen molar-refractivity contribution < 1.29 is 74.2 Å². The standard InChI is InChI=1S/C47H49N7O16S5/c1-28-23-31(73(62,63)64)24-35-33(28)10-13-38-43(35)46(2,3)41(53(38)19-21-71(56,57)58)15-8-29(37-12-7-30(27-50-37)45(55)49-17-6-18-51-52-48)9-16-42-47(4,5)44-36-25-32(74(65,66)67)26-40(75(68,69)70)34(36)11-14-39(44)54(42)20-22-72(59,60)61/h7-16,23-27H,6,17-22H2,1-5H3,(H5-,49,55,56,57,58,59,60,61,62,63,64,65,66,67,68,69,70)/p+1. The summed E-state index contributed by atoms with van der Waals surface area (Å²) in [6.45, 7) is 8.17. The summed E-state index contributed by atoms with van der Waals surface area (Å²) in [4.78, 5) is 19.8. The van der Waals surface area contributed by atoms with Gasteiger partial charge in [-0.15, -0.1) is 0 Å². The average Bonchev–Trinajstić information content (AvgIpc) is 3.66. The first-order chi connectivity index (χ1) is 34.6. The zero-order valence-electron chi connectivity index (χ0n) is 40.6. The molecule has 7 rings (SSSR count). The van der Waals surface area contributed by atoms with Crippen LogP contribution in [0.25, 0.3) is 37.6 Å². The van der Waals surface area contributed by atoms with E-state index < -0.39 is 95.2 Å². The largest absolute Gasteiger partial charge is 0.352 e. The van der Waals surface area contributed by atoms with E-state index >= 15 is 0 Å². The number of aryl methyl sites for hydroxylation is 1. The molecular weight excluding hydrogens is 1080 g/mol. The number of rotatable bonds is 18. The lowest BCUT2D eigenvalue weighted by Crippen LogP contribution is -2.30. The van der Waals surface area contributed by atoms with Gasteiger partial charge in [-0.2, -0.15) is 46.7 Å². The summed E-state index contributed by atoms with van der Waals surface area (Å²) in [5.41, 5.74) is 9.48. The minimum atomic E-state index is -5.13. The summed E-state index contributed by atoms with van der Waals surface area (Å²) in [5.74, 6) is -2.08. The highest BCUT2D eigenvalue weighted by Gasteiger charge is 2.47. The molecule has 23 nitrogen and oxygen atoms in total. The van der Waals surface area contributed by atoms with Crippen molar-refractivity contribution in [3.63, 3.8) is 0 Å². The zero-order valence-corrected chi connectivity index (χ0v) is 44.6. The molecule has 0 aliphatic carbocycles. The van der Waals surface area contributed by atoms with Crippen LogP contribution in [-0.2, 0) is 61.4 Å². The number of hydrogen-bond acceptors (Lipinski definition) is 14. The van der Waals surface area contributed by atoms with E-state index in [0.717, 1.165) is 6.07 Å². The minimum Gasteiger partial charge on any atom is -0.352 e. The molecule has 398 valence electrons. The number of nitrogens with one attached hydrogen (secondary N) is 1. The molecule has 0 atom stereocenters. The van der Waals surface area contributed by atoms with Crippen molar-refractivity contribution in [2.45, 2.75) is 66.6 Å². The van der Waals surface area contributed by atoms with Crippen molar-refractivity contribution in [3.05, 3.63) is 135 Å². The van der Waals surface area contributed by atoms with Crippen molar-refractivity contribution in [2.24, 2.45) is 5.11 Å². The second kappa shape index (κ2) is 20.3. The van der Waals surface area contributed by atoms with E-state index in [1.165, 1.54) is 47.5 Å². The normalized spacial score (nSPS) is 16.5. The van der Waals surface area contributed by atoms with E-state index in [1.807, 2.05) is 0 Å². The predicted molar refractivity (Wildman–Crippen MR) is 279 cm³/mol. The maximum atomic E-state index is 13.1. The summed E-state index contributed by atoms with van der Waals surface area (Å²) in [5, 5.41) is 6.99. The minimum absolute atomic E-state index is 0.0613. The number of carbonyl (C=O) groups is 1. The molecule has 0 bridgehead atoms. The molecule has 0 radical (unpaired) electrons. The van der Waals surface area contributed by atoms with Crippen molar-refractivity contribution in [3.8, 4) is 0 Å². The Bertz CT molecular complexity index is 4020. The van der Waals surface area contributed by atoms with Crippen LogP contribution < -0.4 is 10.2 Å². The second-order valence-corrected chi connectivity index (χ2v) is 26.1. The topological polar surface area (TPSA) is 369 Å². The lowest BCUT2D eigenvalue weighted by atomic mass is 9.78. The molecule has 1 amide bonds. The van der Waals surface area contributed by atoms with E-state index in [4.69, 9.17) is 5.53 Å². The maximum absolute atomic E-state index is 13.1. The van der Waals surface area contributed by atoms with E-state index in [0.29, 0.717) is 45.8 Å². The molecule has 4 aromatic carbocycles. The molecule has 5 aromatic rings. The number of aromatic nitrogens is 1. The van der Waals surface area contributed by atoms with Gasteiger partial charge >= 0.3 is 0 Å². The number of nitrogens with zero attached hydrogens (tertiary/aromatic N) is 6. The van der Waals surface area contributed by atoms with Gasteiger partial charge in [0, 0.05) is 76.2 Å². The van der Waals surface area contributed by atoms with E-state index in [1.54, 1.807) is 75.6 Å². The number of pyridine rings is 1. The van der Waals surface area contributed by atoms with Gasteiger partial charge in [0.15, 0.2) is 12.3 Å². The smallest absolute Gasteiger partial charge is 0.295 e. The Morgan fingerprint density at radius 3 is 1.99 bits per heavy atom. The zero-order chi connectivity index (χ0) is 55.4. The summed E-state index contributed by atoms with van der Waals surface area (Å²) in [6.07, 6.45) is 7.99. The van der Waals surface area contributed by atoms with E-state index in [9.17, 15) is 69.6 Å². The first-order valence-corrected chi connectivity index (χ1v) is 30.0. The van der Waals surface area contributed by atoms with Gasteiger partial charge in [-0.05, 0) is 121 Å². The third-order valence-corrected chi connectivity index (χ3v) is 17.0. The van der Waals surface area contributed by atoms with Crippen LogP contribution in [0.5, 0.6) is 0 Å². The third-order valence-electron chi connectivity index (χ3n) is 13.0. The van der Waals surface area contributed by atoms with E-state index in [-0.39, 0.29) is 69.1 Å². The van der Waals surface area contributed by atoms with Gasteiger partial charge in [0.25, 0.3) is 56.5 Å². The van der Waals surface area contributed by atoms with Crippen molar-refractivity contribution in [2.75, 3.05) is 42.6 Å². The molecular formula is C47H50N7O16S5+.